The highest BCUT2D eigenvalue weighted by Crippen LogP contribution is 2.14. The summed E-state index contributed by atoms with van der Waals surface area (Å²) in [6.07, 6.45) is 0. The molecule has 0 radical (unpaired) electrons. The minimum atomic E-state index is 0.181. The molecule has 0 atom stereocenters. The van der Waals surface area contributed by atoms with Crippen molar-refractivity contribution in [2.45, 2.75) is 27.3 Å². The molecule has 0 saturated heterocycles. The fraction of sp³-hybridized carbons (Fsp3) is 0.588. The summed E-state index contributed by atoms with van der Waals surface area (Å²) in [5.41, 5.74) is 1.33. The first-order valence-electron chi connectivity index (χ1n) is 7.74. The Bertz CT molecular complexity index is 466. The van der Waals surface area contributed by atoms with E-state index in [9.17, 15) is 0 Å². The zero-order valence-electron chi connectivity index (χ0n) is 14.4. The van der Waals surface area contributed by atoms with E-state index in [0.717, 1.165) is 36.2 Å². The van der Waals surface area contributed by atoms with Crippen LogP contribution in [0.4, 0.5) is 0 Å². The van der Waals surface area contributed by atoms with Gasteiger partial charge in [-0.05, 0) is 44.1 Å². The van der Waals surface area contributed by atoms with E-state index in [2.05, 4.69) is 55.4 Å². The van der Waals surface area contributed by atoms with Crippen LogP contribution in [0, 0.1) is 5.41 Å². The summed E-state index contributed by atoms with van der Waals surface area (Å²) < 4.78 is 0. The van der Waals surface area contributed by atoms with Crippen molar-refractivity contribution in [2.75, 3.05) is 33.7 Å². The maximum Gasteiger partial charge on any atom is 0.191 e. The molecule has 0 unspecified atom stereocenters. The molecule has 124 valence electrons. The minimum absolute atomic E-state index is 0.181. The summed E-state index contributed by atoms with van der Waals surface area (Å²) in [6, 6.07) is 7.80. The molecule has 1 rings (SSSR count). The van der Waals surface area contributed by atoms with Crippen molar-refractivity contribution in [3.63, 3.8) is 0 Å². The Morgan fingerprint density at radius 1 is 1.18 bits per heavy atom. The van der Waals surface area contributed by atoms with Crippen LogP contribution in [0.15, 0.2) is 29.3 Å². The third-order valence-corrected chi connectivity index (χ3v) is 3.41. The van der Waals surface area contributed by atoms with Gasteiger partial charge in [-0.3, -0.25) is 0 Å². The number of hydrogen-bond acceptors (Lipinski definition) is 2. The van der Waals surface area contributed by atoms with Gasteiger partial charge in [0.05, 0.1) is 6.54 Å². The number of benzene rings is 1. The summed E-state index contributed by atoms with van der Waals surface area (Å²) in [6.45, 7) is 9.96. The van der Waals surface area contributed by atoms with Gasteiger partial charge >= 0.3 is 0 Å². The number of nitrogens with one attached hydrogen (secondary N) is 2. The SMILES string of the molecule is CCNC(=NCc1ccc(Cl)cc1)NCC(C)(C)CN(C)C. The van der Waals surface area contributed by atoms with Gasteiger partial charge in [-0.15, -0.1) is 0 Å². The topological polar surface area (TPSA) is 39.7 Å². The van der Waals surface area contributed by atoms with Crippen LogP contribution in [0.2, 0.25) is 5.02 Å². The highest BCUT2D eigenvalue weighted by atomic mass is 35.5. The van der Waals surface area contributed by atoms with E-state index in [1.807, 2.05) is 24.3 Å². The highest BCUT2D eigenvalue weighted by Gasteiger charge is 2.19. The molecule has 0 aliphatic carbocycles. The largest absolute Gasteiger partial charge is 0.357 e. The zero-order chi connectivity index (χ0) is 16.6. The van der Waals surface area contributed by atoms with E-state index in [1.165, 1.54) is 0 Å². The summed E-state index contributed by atoms with van der Waals surface area (Å²) in [7, 11) is 4.20. The van der Waals surface area contributed by atoms with Crippen molar-refractivity contribution in [3.8, 4) is 0 Å². The van der Waals surface area contributed by atoms with Gasteiger partial charge in [0, 0.05) is 24.7 Å². The minimum Gasteiger partial charge on any atom is -0.357 e. The molecular formula is C17H29ClN4. The predicted molar refractivity (Wildman–Crippen MR) is 96.6 cm³/mol. The lowest BCUT2D eigenvalue weighted by molar-refractivity contribution is 0.241. The highest BCUT2D eigenvalue weighted by molar-refractivity contribution is 6.30. The molecule has 0 bridgehead atoms. The van der Waals surface area contributed by atoms with E-state index < -0.39 is 0 Å². The summed E-state index contributed by atoms with van der Waals surface area (Å²) >= 11 is 5.90. The van der Waals surface area contributed by atoms with Crippen LogP contribution < -0.4 is 10.6 Å². The van der Waals surface area contributed by atoms with Crippen molar-refractivity contribution in [2.24, 2.45) is 10.4 Å². The van der Waals surface area contributed by atoms with Crippen LogP contribution in [0.3, 0.4) is 0 Å². The number of aliphatic imine (C=N–C) groups is 1. The van der Waals surface area contributed by atoms with Crippen molar-refractivity contribution in [1.82, 2.24) is 15.5 Å². The molecule has 0 amide bonds. The van der Waals surface area contributed by atoms with Crippen molar-refractivity contribution >= 4 is 17.6 Å². The number of guanidine groups is 1. The molecule has 0 spiro atoms. The molecule has 2 N–H and O–H groups in total. The smallest absolute Gasteiger partial charge is 0.191 e. The lowest BCUT2D eigenvalue weighted by Crippen LogP contribution is -2.44. The average molecular weight is 325 g/mol. The standard InChI is InChI=1S/C17H29ClN4/c1-6-19-16(21-12-17(2,3)13-22(4)5)20-11-14-7-9-15(18)10-8-14/h7-10H,6,11-13H2,1-5H3,(H2,19,20,21). The van der Waals surface area contributed by atoms with Gasteiger partial charge in [0.2, 0.25) is 0 Å². The molecule has 5 heteroatoms. The summed E-state index contributed by atoms with van der Waals surface area (Å²) in [5.74, 6) is 0.851. The fourth-order valence-electron chi connectivity index (χ4n) is 2.34. The average Bonchev–Trinajstić information content (AvgIpc) is 2.42. The van der Waals surface area contributed by atoms with Gasteiger partial charge in [-0.1, -0.05) is 37.6 Å². The number of halogens is 1. The first kappa shape index (κ1) is 18.8. The molecule has 0 aromatic heterocycles. The van der Waals surface area contributed by atoms with Crippen LogP contribution in [-0.4, -0.2) is 44.6 Å². The summed E-state index contributed by atoms with van der Waals surface area (Å²) in [5, 5.41) is 7.48. The second kappa shape index (κ2) is 9.01. The normalized spacial score (nSPS) is 12.6. The molecule has 0 aliphatic rings. The van der Waals surface area contributed by atoms with E-state index >= 15 is 0 Å². The zero-order valence-corrected chi connectivity index (χ0v) is 15.2. The Morgan fingerprint density at radius 3 is 2.36 bits per heavy atom. The maximum absolute atomic E-state index is 5.90. The molecule has 1 aromatic rings. The molecule has 1 aromatic carbocycles. The molecule has 0 fully saturated rings. The van der Waals surface area contributed by atoms with Crippen LogP contribution in [-0.2, 0) is 6.54 Å². The van der Waals surface area contributed by atoms with Gasteiger partial charge in [0.15, 0.2) is 5.96 Å². The molecule has 0 aliphatic heterocycles. The Kier molecular flexibility index (Phi) is 7.69. The van der Waals surface area contributed by atoms with Gasteiger partial charge in [-0.25, -0.2) is 4.99 Å². The first-order chi connectivity index (χ1) is 10.3. The lowest BCUT2D eigenvalue weighted by Gasteiger charge is -2.29. The lowest BCUT2D eigenvalue weighted by atomic mass is 9.93. The van der Waals surface area contributed by atoms with Crippen LogP contribution >= 0.6 is 11.6 Å². The molecular weight excluding hydrogens is 296 g/mol. The number of hydrogen-bond donors (Lipinski definition) is 2. The molecule has 0 saturated carbocycles. The summed E-state index contributed by atoms with van der Waals surface area (Å²) in [4.78, 5) is 6.84. The Morgan fingerprint density at radius 2 is 1.82 bits per heavy atom. The monoisotopic (exact) mass is 324 g/mol. The first-order valence-corrected chi connectivity index (χ1v) is 8.11. The predicted octanol–water partition coefficient (Wildman–Crippen LogP) is 2.98. The third-order valence-electron chi connectivity index (χ3n) is 3.16. The van der Waals surface area contributed by atoms with Gasteiger partial charge < -0.3 is 15.5 Å². The molecule has 22 heavy (non-hydrogen) atoms. The van der Waals surface area contributed by atoms with E-state index in [4.69, 9.17) is 11.6 Å². The third kappa shape index (κ3) is 7.66. The van der Waals surface area contributed by atoms with Crippen molar-refractivity contribution < 1.29 is 0 Å². The molecule has 4 nitrogen and oxygen atoms in total. The van der Waals surface area contributed by atoms with Crippen LogP contribution in [0.5, 0.6) is 0 Å². The van der Waals surface area contributed by atoms with Gasteiger partial charge in [0.1, 0.15) is 0 Å². The maximum atomic E-state index is 5.90. The molecule has 0 heterocycles. The van der Waals surface area contributed by atoms with Crippen LogP contribution in [0.1, 0.15) is 26.3 Å². The van der Waals surface area contributed by atoms with E-state index in [-0.39, 0.29) is 5.41 Å². The van der Waals surface area contributed by atoms with Crippen molar-refractivity contribution in [1.29, 1.82) is 0 Å². The number of rotatable bonds is 7. The van der Waals surface area contributed by atoms with E-state index in [0.29, 0.717) is 6.54 Å². The Balaban J connectivity index is 2.60. The van der Waals surface area contributed by atoms with Gasteiger partial charge in [0.25, 0.3) is 0 Å². The van der Waals surface area contributed by atoms with Crippen LogP contribution in [0.25, 0.3) is 0 Å². The Hall–Kier alpha value is -1.26. The second-order valence-electron chi connectivity index (χ2n) is 6.58. The van der Waals surface area contributed by atoms with Crippen molar-refractivity contribution in [3.05, 3.63) is 34.9 Å². The quantitative estimate of drug-likeness (QED) is 0.598. The number of nitrogens with zero attached hydrogens (tertiary/aromatic N) is 2. The van der Waals surface area contributed by atoms with E-state index in [1.54, 1.807) is 0 Å². The fourth-order valence-corrected chi connectivity index (χ4v) is 2.46. The Labute approximate surface area is 140 Å². The van der Waals surface area contributed by atoms with Gasteiger partial charge in [-0.2, -0.15) is 0 Å². The second-order valence-corrected chi connectivity index (χ2v) is 7.01.